The van der Waals surface area contributed by atoms with E-state index in [4.69, 9.17) is 0 Å². The molecule has 1 fully saturated rings. The van der Waals surface area contributed by atoms with Crippen molar-refractivity contribution in [3.8, 4) is 0 Å². The van der Waals surface area contributed by atoms with E-state index in [1.165, 1.54) is 12.8 Å². The summed E-state index contributed by atoms with van der Waals surface area (Å²) < 4.78 is 0. The van der Waals surface area contributed by atoms with Gasteiger partial charge in [0.1, 0.15) is 0 Å². The van der Waals surface area contributed by atoms with Gasteiger partial charge in [-0.1, -0.05) is 36.8 Å². The molecular formula is C17H26N2O2. The largest absolute Gasteiger partial charge is 0.378 e. The van der Waals surface area contributed by atoms with Gasteiger partial charge in [0.2, 0.25) is 0 Å². The minimum atomic E-state index is -1.07. The lowest BCUT2D eigenvalue weighted by Gasteiger charge is -2.34. The van der Waals surface area contributed by atoms with Crippen molar-refractivity contribution < 1.29 is 9.90 Å². The van der Waals surface area contributed by atoms with Crippen molar-refractivity contribution in [1.82, 2.24) is 10.2 Å². The zero-order chi connectivity index (χ0) is 15.2. The predicted molar refractivity (Wildman–Crippen MR) is 83.9 cm³/mol. The van der Waals surface area contributed by atoms with Gasteiger partial charge in [-0.2, -0.15) is 0 Å². The van der Waals surface area contributed by atoms with Crippen molar-refractivity contribution >= 4 is 5.91 Å². The molecule has 1 heterocycles. The van der Waals surface area contributed by atoms with Crippen LogP contribution in [0.4, 0.5) is 0 Å². The minimum Gasteiger partial charge on any atom is -0.378 e. The average Bonchev–Trinajstić information content (AvgIpc) is 2.53. The van der Waals surface area contributed by atoms with Crippen molar-refractivity contribution in [2.24, 2.45) is 0 Å². The Labute approximate surface area is 127 Å². The first-order chi connectivity index (χ1) is 10.1. The number of piperidine rings is 1. The molecule has 1 aromatic carbocycles. The highest BCUT2D eigenvalue weighted by Gasteiger charge is 2.28. The van der Waals surface area contributed by atoms with Crippen molar-refractivity contribution in [2.75, 3.05) is 13.1 Å². The molecule has 1 aliphatic rings. The summed E-state index contributed by atoms with van der Waals surface area (Å²) >= 11 is 0. The standard InChI is InChI=1S/C17H26N2O2/c1-13(2)19(12-15-10-6-7-11-18-15)17(21)16(20)14-8-4-3-5-9-14/h3-5,8-9,13,15-16,18,20H,6-7,10-12H2,1-2H3. The van der Waals surface area contributed by atoms with Crippen molar-refractivity contribution in [3.63, 3.8) is 0 Å². The number of rotatable bonds is 5. The van der Waals surface area contributed by atoms with E-state index in [0.717, 1.165) is 13.0 Å². The fraction of sp³-hybridized carbons (Fsp3) is 0.588. The fourth-order valence-corrected chi connectivity index (χ4v) is 2.81. The molecule has 2 unspecified atom stereocenters. The number of nitrogens with one attached hydrogen (secondary N) is 1. The first-order valence-electron chi connectivity index (χ1n) is 7.86. The monoisotopic (exact) mass is 290 g/mol. The second-order valence-corrected chi connectivity index (χ2v) is 6.04. The third-order valence-corrected chi connectivity index (χ3v) is 4.09. The molecule has 116 valence electrons. The summed E-state index contributed by atoms with van der Waals surface area (Å²) in [7, 11) is 0. The van der Waals surface area contributed by atoms with Crippen LogP contribution in [-0.2, 0) is 4.79 Å². The number of aliphatic hydroxyl groups excluding tert-OH is 1. The number of amides is 1. The quantitative estimate of drug-likeness (QED) is 0.873. The van der Waals surface area contributed by atoms with Gasteiger partial charge in [-0.05, 0) is 38.8 Å². The van der Waals surface area contributed by atoms with Crippen LogP contribution >= 0.6 is 0 Å². The average molecular weight is 290 g/mol. The Bertz CT molecular complexity index is 441. The SMILES string of the molecule is CC(C)N(CC1CCCCN1)C(=O)C(O)c1ccccc1. The molecule has 4 heteroatoms. The van der Waals surface area contributed by atoms with Crippen LogP contribution in [0.5, 0.6) is 0 Å². The van der Waals surface area contributed by atoms with E-state index >= 15 is 0 Å². The van der Waals surface area contributed by atoms with Crippen LogP contribution < -0.4 is 5.32 Å². The normalized spacial score (nSPS) is 20.3. The number of nitrogens with zero attached hydrogens (tertiary/aromatic N) is 1. The highest BCUT2D eigenvalue weighted by Crippen LogP contribution is 2.18. The van der Waals surface area contributed by atoms with E-state index < -0.39 is 6.10 Å². The number of carbonyl (C=O) groups is 1. The first kappa shape index (κ1) is 16.0. The second-order valence-electron chi connectivity index (χ2n) is 6.04. The Hall–Kier alpha value is -1.39. The van der Waals surface area contributed by atoms with Gasteiger partial charge in [0.05, 0.1) is 0 Å². The van der Waals surface area contributed by atoms with Gasteiger partial charge >= 0.3 is 0 Å². The van der Waals surface area contributed by atoms with Gasteiger partial charge in [-0.3, -0.25) is 4.79 Å². The molecule has 21 heavy (non-hydrogen) atoms. The lowest BCUT2D eigenvalue weighted by Crippen LogP contribution is -2.49. The smallest absolute Gasteiger partial charge is 0.256 e. The Morgan fingerprint density at radius 1 is 1.33 bits per heavy atom. The molecule has 1 aliphatic heterocycles. The first-order valence-corrected chi connectivity index (χ1v) is 7.86. The molecule has 1 saturated heterocycles. The number of hydrogen-bond donors (Lipinski definition) is 2. The van der Waals surface area contributed by atoms with Crippen LogP contribution in [0.1, 0.15) is 44.8 Å². The van der Waals surface area contributed by atoms with E-state index in [-0.39, 0.29) is 11.9 Å². The van der Waals surface area contributed by atoms with Crippen LogP contribution in [0.15, 0.2) is 30.3 Å². The molecule has 0 aliphatic carbocycles. The Balaban J connectivity index is 2.04. The molecule has 2 atom stereocenters. The van der Waals surface area contributed by atoms with Crippen LogP contribution in [0, 0.1) is 0 Å². The van der Waals surface area contributed by atoms with Crippen LogP contribution in [0.3, 0.4) is 0 Å². The van der Waals surface area contributed by atoms with Gasteiger partial charge in [0, 0.05) is 18.6 Å². The van der Waals surface area contributed by atoms with Crippen LogP contribution in [-0.4, -0.2) is 41.1 Å². The summed E-state index contributed by atoms with van der Waals surface area (Å²) in [6.45, 7) is 5.68. The molecule has 0 saturated carbocycles. The third-order valence-electron chi connectivity index (χ3n) is 4.09. The molecule has 4 nitrogen and oxygen atoms in total. The maximum atomic E-state index is 12.6. The summed E-state index contributed by atoms with van der Waals surface area (Å²) in [6, 6.07) is 9.57. The third kappa shape index (κ3) is 4.29. The molecule has 1 amide bonds. The molecule has 2 rings (SSSR count). The molecule has 0 aromatic heterocycles. The molecule has 0 bridgehead atoms. The summed E-state index contributed by atoms with van der Waals surface area (Å²) in [6.07, 6.45) is 2.44. The summed E-state index contributed by atoms with van der Waals surface area (Å²) in [5.74, 6) is -0.205. The van der Waals surface area contributed by atoms with Crippen LogP contribution in [0.2, 0.25) is 0 Å². The van der Waals surface area contributed by atoms with Gasteiger partial charge in [0.25, 0.3) is 5.91 Å². The van der Waals surface area contributed by atoms with E-state index in [0.29, 0.717) is 18.2 Å². The highest BCUT2D eigenvalue weighted by molar-refractivity contribution is 5.82. The van der Waals surface area contributed by atoms with Gasteiger partial charge in [0.15, 0.2) is 6.10 Å². The molecular weight excluding hydrogens is 264 g/mol. The summed E-state index contributed by atoms with van der Waals surface area (Å²) in [5, 5.41) is 13.8. The zero-order valence-electron chi connectivity index (χ0n) is 13.0. The minimum absolute atomic E-state index is 0.0830. The van der Waals surface area contributed by atoms with Crippen molar-refractivity contribution in [2.45, 2.75) is 51.3 Å². The molecule has 0 radical (unpaired) electrons. The predicted octanol–water partition coefficient (Wildman–Crippen LogP) is 2.10. The van der Waals surface area contributed by atoms with Crippen molar-refractivity contribution in [1.29, 1.82) is 0 Å². The van der Waals surface area contributed by atoms with Gasteiger partial charge in [-0.15, -0.1) is 0 Å². The second kappa shape index (κ2) is 7.57. The highest BCUT2D eigenvalue weighted by atomic mass is 16.3. The molecule has 1 aromatic rings. The van der Waals surface area contributed by atoms with Crippen LogP contribution in [0.25, 0.3) is 0 Å². The molecule has 0 spiro atoms. The maximum Gasteiger partial charge on any atom is 0.256 e. The maximum absolute atomic E-state index is 12.6. The number of aliphatic hydroxyl groups is 1. The van der Waals surface area contributed by atoms with Crippen molar-refractivity contribution in [3.05, 3.63) is 35.9 Å². The lowest BCUT2D eigenvalue weighted by molar-refractivity contribution is -0.142. The summed E-state index contributed by atoms with van der Waals surface area (Å²) in [4.78, 5) is 14.4. The fourth-order valence-electron chi connectivity index (χ4n) is 2.81. The van der Waals surface area contributed by atoms with E-state index in [9.17, 15) is 9.90 Å². The zero-order valence-corrected chi connectivity index (χ0v) is 13.0. The van der Waals surface area contributed by atoms with E-state index in [2.05, 4.69) is 5.32 Å². The number of benzene rings is 1. The van der Waals surface area contributed by atoms with Gasteiger partial charge in [-0.25, -0.2) is 0 Å². The Morgan fingerprint density at radius 2 is 2.05 bits per heavy atom. The summed E-state index contributed by atoms with van der Waals surface area (Å²) in [5.41, 5.74) is 0.657. The lowest BCUT2D eigenvalue weighted by atomic mass is 10.0. The Morgan fingerprint density at radius 3 is 2.62 bits per heavy atom. The van der Waals surface area contributed by atoms with E-state index in [1.807, 2.05) is 32.0 Å². The number of carbonyl (C=O) groups excluding carboxylic acids is 1. The number of hydrogen-bond acceptors (Lipinski definition) is 3. The van der Waals surface area contributed by atoms with Gasteiger partial charge < -0.3 is 15.3 Å². The van der Waals surface area contributed by atoms with E-state index in [1.54, 1.807) is 17.0 Å². The Kier molecular flexibility index (Phi) is 5.76. The molecule has 2 N–H and O–H groups in total. The topological polar surface area (TPSA) is 52.6 Å².